The van der Waals surface area contributed by atoms with Gasteiger partial charge in [-0.15, -0.1) is 11.8 Å². The zero-order valence-electron chi connectivity index (χ0n) is 22.6. The van der Waals surface area contributed by atoms with Crippen LogP contribution >= 0.6 is 11.8 Å². The second kappa shape index (κ2) is 10.9. The van der Waals surface area contributed by atoms with E-state index in [1.807, 2.05) is 0 Å². The van der Waals surface area contributed by atoms with Gasteiger partial charge in [-0.05, 0) is 75.3 Å². The number of hydrogen-bond donors (Lipinski definition) is 0. The van der Waals surface area contributed by atoms with Gasteiger partial charge in [0.15, 0.2) is 18.1 Å². The number of imide groups is 1. The summed E-state index contributed by atoms with van der Waals surface area (Å²) in [6.07, 6.45) is -5.18. The van der Waals surface area contributed by atoms with Crippen molar-refractivity contribution in [3.05, 3.63) is 29.7 Å². The minimum absolute atomic E-state index is 0.365. The third-order valence-corrected chi connectivity index (χ3v) is 5.74. The maximum absolute atomic E-state index is 15.3. The molecule has 207 valence electrons. The molecule has 1 saturated heterocycles. The number of rotatable bonds is 3. The molecule has 1 aromatic heterocycles. The molecule has 0 aliphatic carbocycles. The summed E-state index contributed by atoms with van der Waals surface area (Å²) in [6.45, 7) is 18.4. The highest BCUT2D eigenvalue weighted by molar-refractivity contribution is 8.00. The second-order valence-electron chi connectivity index (χ2n) is 11.3. The van der Waals surface area contributed by atoms with Gasteiger partial charge in [0.25, 0.3) is 0 Å². The molecular formula is C24H35FN3O8S. The maximum Gasteiger partial charge on any atom is 0.509 e. The van der Waals surface area contributed by atoms with Gasteiger partial charge >= 0.3 is 24.0 Å². The first-order valence-electron chi connectivity index (χ1n) is 11.6. The van der Waals surface area contributed by atoms with E-state index in [-0.39, 0.29) is 5.82 Å². The minimum atomic E-state index is -1.82. The number of hydrogen-bond acceptors (Lipinski definition) is 10. The monoisotopic (exact) mass is 544 g/mol. The van der Waals surface area contributed by atoms with Gasteiger partial charge < -0.3 is 18.9 Å². The predicted octanol–water partition coefficient (Wildman–Crippen LogP) is 5.03. The zero-order chi connectivity index (χ0) is 28.5. The molecule has 0 aromatic carbocycles. The fraction of sp³-hybridized carbons (Fsp3) is 0.667. The molecule has 1 aromatic rings. The Balaban J connectivity index is 2.34. The van der Waals surface area contributed by atoms with Crippen LogP contribution in [-0.2, 0) is 18.9 Å². The minimum Gasteiger partial charge on any atom is -0.443 e. The quantitative estimate of drug-likeness (QED) is 0.378. The Morgan fingerprint density at radius 1 is 0.973 bits per heavy atom. The topological polar surface area (TPSA) is 126 Å². The fourth-order valence-electron chi connectivity index (χ4n) is 3.04. The molecule has 0 spiro atoms. The van der Waals surface area contributed by atoms with Crippen LogP contribution in [-0.4, -0.2) is 62.2 Å². The molecule has 13 heteroatoms. The van der Waals surface area contributed by atoms with Gasteiger partial charge in [0.1, 0.15) is 22.2 Å². The highest BCUT2D eigenvalue weighted by atomic mass is 32.2. The van der Waals surface area contributed by atoms with Crippen molar-refractivity contribution in [1.29, 1.82) is 0 Å². The molecule has 37 heavy (non-hydrogen) atoms. The van der Waals surface area contributed by atoms with Crippen molar-refractivity contribution >= 4 is 35.9 Å². The summed E-state index contributed by atoms with van der Waals surface area (Å²) in [7, 11) is 0. The van der Waals surface area contributed by atoms with Crippen molar-refractivity contribution in [3.8, 4) is 0 Å². The van der Waals surface area contributed by atoms with Gasteiger partial charge in [0.05, 0.1) is 0 Å². The molecule has 1 radical (unpaired) electrons. The summed E-state index contributed by atoms with van der Waals surface area (Å²) in [5.74, 6) is -0.365. The summed E-state index contributed by atoms with van der Waals surface area (Å²) in [6, 6.07) is 1.18. The number of ether oxygens (including phenoxy) is 4. The molecule has 1 fully saturated rings. The Morgan fingerprint density at radius 2 is 1.46 bits per heavy atom. The lowest BCUT2D eigenvalue weighted by Crippen LogP contribution is -2.45. The van der Waals surface area contributed by atoms with Gasteiger partial charge in [0.2, 0.25) is 0 Å². The van der Waals surface area contributed by atoms with E-state index in [0.29, 0.717) is 4.90 Å². The molecular weight excluding hydrogens is 509 g/mol. The van der Waals surface area contributed by atoms with Crippen LogP contribution in [0.1, 0.15) is 67.7 Å². The van der Waals surface area contributed by atoms with E-state index in [2.05, 4.69) is 11.9 Å². The van der Waals surface area contributed by atoms with Crippen molar-refractivity contribution in [2.24, 2.45) is 0 Å². The van der Waals surface area contributed by atoms with Crippen molar-refractivity contribution < 1.29 is 37.7 Å². The number of nitrogens with zero attached hydrogens (tertiary/aromatic N) is 3. The summed E-state index contributed by atoms with van der Waals surface area (Å²) >= 11 is 0.959. The lowest BCUT2D eigenvalue weighted by atomic mass is 10.1. The SMILES string of the molecule is [CH2][C@H]1S[C@@H](n2ccc(N(C(=O)OC(C)(C)C)C(=O)OC(C)(C)C)nc2=O)[C@@H](F)[C@@H]1OC(=O)OC(C)(C)C. The van der Waals surface area contributed by atoms with Crippen molar-refractivity contribution in [2.75, 3.05) is 4.90 Å². The van der Waals surface area contributed by atoms with E-state index in [0.717, 1.165) is 16.3 Å². The Hall–Kier alpha value is -2.83. The van der Waals surface area contributed by atoms with Crippen molar-refractivity contribution in [1.82, 2.24) is 9.55 Å². The van der Waals surface area contributed by atoms with Crippen LogP contribution in [0.15, 0.2) is 17.1 Å². The van der Waals surface area contributed by atoms with Gasteiger partial charge in [-0.1, -0.05) is 0 Å². The average molecular weight is 545 g/mol. The Bertz CT molecular complexity index is 1050. The Morgan fingerprint density at radius 3 is 1.89 bits per heavy atom. The summed E-state index contributed by atoms with van der Waals surface area (Å²) < 4.78 is 37.1. The van der Waals surface area contributed by atoms with Crippen LogP contribution < -0.4 is 10.6 Å². The van der Waals surface area contributed by atoms with Gasteiger partial charge in [-0.25, -0.2) is 23.6 Å². The van der Waals surface area contributed by atoms with Gasteiger partial charge in [-0.2, -0.15) is 9.88 Å². The van der Waals surface area contributed by atoms with E-state index < -0.39 is 63.7 Å². The lowest BCUT2D eigenvalue weighted by Gasteiger charge is -2.28. The molecule has 4 atom stereocenters. The molecule has 11 nitrogen and oxygen atoms in total. The van der Waals surface area contributed by atoms with Crippen molar-refractivity contribution in [2.45, 2.75) is 102 Å². The average Bonchev–Trinajstić information content (AvgIpc) is 2.92. The van der Waals surface area contributed by atoms with Crippen LogP contribution in [0.4, 0.5) is 24.6 Å². The van der Waals surface area contributed by atoms with Crippen LogP contribution in [0.5, 0.6) is 0 Å². The fourth-order valence-corrected chi connectivity index (χ4v) is 4.36. The molecule has 0 bridgehead atoms. The standard InChI is InChI=1S/C24H35FN3O8S/c1-13-16(33-21(32)36-24(8,9)10)15(25)17(37-13)27-12-11-14(26-18(27)29)28(19(30)34-22(2,3)4)20(31)35-23(5,6)7/h11-13,15-17H,1H2,2-10H3/t13-,15+,16-,17-/m1/s1. The van der Waals surface area contributed by atoms with Gasteiger partial charge in [-0.3, -0.25) is 4.57 Å². The first-order valence-corrected chi connectivity index (χ1v) is 12.5. The zero-order valence-corrected chi connectivity index (χ0v) is 23.4. The summed E-state index contributed by atoms with van der Waals surface area (Å²) in [4.78, 5) is 54.9. The molecule has 2 rings (SSSR count). The first kappa shape index (κ1) is 30.4. The van der Waals surface area contributed by atoms with Gasteiger partial charge in [0, 0.05) is 11.4 Å². The van der Waals surface area contributed by atoms with E-state index in [9.17, 15) is 19.2 Å². The smallest absolute Gasteiger partial charge is 0.443 e. The maximum atomic E-state index is 15.3. The number of anilines is 1. The lowest BCUT2D eigenvalue weighted by molar-refractivity contribution is -0.0413. The van der Waals surface area contributed by atoms with E-state index in [1.54, 1.807) is 62.3 Å². The number of carbonyl (C=O) groups is 3. The predicted molar refractivity (Wildman–Crippen MR) is 135 cm³/mol. The second-order valence-corrected chi connectivity index (χ2v) is 12.7. The molecule has 2 amide bonds. The van der Waals surface area contributed by atoms with Crippen molar-refractivity contribution in [3.63, 3.8) is 0 Å². The van der Waals surface area contributed by atoms with Crippen LogP contribution in [0.25, 0.3) is 0 Å². The Labute approximate surface area is 220 Å². The molecule has 0 N–H and O–H groups in total. The molecule has 0 saturated carbocycles. The highest BCUT2D eigenvalue weighted by Gasteiger charge is 2.47. The molecule has 1 aliphatic heterocycles. The Kier molecular flexibility index (Phi) is 8.94. The van der Waals surface area contributed by atoms with E-state index in [4.69, 9.17) is 18.9 Å². The van der Waals surface area contributed by atoms with E-state index in [1.165, 1.54) is 12.3 Å². The third-order valence-electron chi connectivity index (χ3n) is 4.36. The number of alkyl halides is 1. The molecule has 2 heterocycles. The number of thioether (sulfide) groups is 1. The number of aromatic nitrogens is 2. The van der Waals surface area contributed by atoms with Crippen LogP contribution in [0.3, 0.4) is 0 Å². The third kappa shape index (κ3) is 8.61. The van der Waals surface area contributed by atoms with E-state index >= 15 is 4.39 Å². The largest absolute Gasteiger partial charge is 0.509 e. The molecule has 1 aliphatic rings. The number of amides is 2. The first-order chi connectivity index (χ1) is 16.7. The normalized spacial score (nSPS) is 22.2. The highest BCUT2D eigenvalue weighted by Crippen LogP contribution is 2.44. The summed E-state index contributed by atoms with van der Waals surface area (Å²) in [5, 5.41) is -1.89. The number of carbonyl (C=O) groups excluding carboxylic acids is 3. The van der Waals surface area contributed by atoms with Crippen LogP contribution in [0.2, 0.25) is 0 Å². The van der Waals surface area contributed by atoms with Crippen LogP contribution in [0, 0.1) is 6.92 Å². The molecule has 0 unspecified atom stereocenters. The summed E-state index contributed by atoms with van der Waals surface area (Å²) in [5.41, 5.74) is -3.71. The number of halogens is 1.